The zero-order chi connectivity index (χ0) is 23.1. The van der Waals surface area contributed by atoms with Crippen molar-refractivity contribution in [3.05, 3.63) is 59.2 Å². The molecule has 0 saturated heterocycles. The number of aliphatic carboxylic acids is 2. The Bertz CT molecular complexity index is 816. The van der Waals surface area contributed by atoms with Gasteiger partial charge in [-0.1, -0.05) is 38.1 Å². The zero-order valence-electron chi connectivity index (χ0n) is 17.9. The van der Waals surface area contributed by atoms with E-state index in [1.807, 2.05) is 52.0 Å². The highest BCUT2D eigenvalue weighted by Gasteiger charge is 2.10. The minimum atomic E-state index is -0.927. The molecule has 0 radical (unpaired) electrons. The van der Waals surface area contributed by atoms with Gasteiger partial charge in [-0.05, 0) is 56.0 Å². The van der Waals surface area contributed by atoms with Crippen LogP contribution in [0.25, 0.3) is 0 Å². The van der Waals surface area contributed by atoms with Gasteiger partial charge in [0.15, 0.2) is 0 Å². The number of para-hydroxylation sites is 1. The number of aromatic carboxylic acids is 1. The third-order valence-electron chi connectivity index (χ3n) is 3.96. The molecule has 0 heterocycles. The van der Waals surface area contributed by atoms with Gasteiger partial charge in [0.2, 0.25) is 0 Å². The van der Waals surface area contributed by atoms with Crippen LogP contribution in [0.15, 0.2) is 42.5 Å². The molecule has 0 amide bonds. The predicted octanol–water partition coefficient (Wildman–Crippen LogP) is 5.49. The molecule has 7 heteroatoms. The Labute approximate surface area is 177 Å². The molecule has 0 aliphatic carbocycles. The van der Waals surface area contributed by atoms with Gasteiger partial charge < -0.3 is 20.6 Å². The van der Waals surface area contributed by atoms with E-state index in [2.05, 4.69) is 5.32 Å². The van der Waals surface area contributed by atoms with E-state index in [9.17, 15) is 14.4 Å². The van der Waals surface area contributed by atoms with Crippen molar-refractivity contribution in [2.75, 3.05) is 5.32 Å². The van der Waals surface area contributed by atoms with Crippen LogP contribution in [-0.2, 0) is 9.59 Å². The molecule has 4 N–H and O–H groups in total. The maximum atomic E-state index is 11.1. The van der Waals surface area contributed by atoms with Gasteiger partial charge in [-0.3, -0.25) is 9.59 Å². The maximum absolute atomic E-state index is 11.1. The molecule has 30 heavy (non-hydrogen) atoms. The van der Waals surface area contributed by atoms with Crippen molar-refractivity contribution in [1.82, 2.24) is 0 Å². The molecule has 0 spiro atoms. The second-order valence-electron chi connectivity index (χ2n) is 6.51. The summed E-state index contributed by atoms with van der Waals surface area (Å²) in [5.41, 5.74) is 4.12. The quantitative estimate of drug-likeness (QED) is 0.470. The number of carbonyl (C=O) groups is 3. The molecule has 0 bridgehead atoms. The van der Waals surface area contributed by atoms with Crippen LogP contribution >= 0.6 is 0 Å². The minimum Gasteiger partial charge on any atom is -0.481 e. The fraction of sp³-hybridized carbons (Fsp3) is 0.348. The summed E-state index contributed by atoms with van der Waals surface area (Å²) in [4.78, 5) is 30.3. The number of rotatable bonds is 7. The van der Waals surface area contributed by atoms with Crippen LogP contribution in [0.1, 0.15) is 61.0 Å². The smallest absolute Gasteiger partial charge is 0.337 e. The Balaban J connectivity index is 0.000000580. The second kappa shape index (κ2) is 14.6. The Hall–Kier alpha value is -3.35. The fourth-order valence-electron chi connectivity index (χ4n) is 2.24. The molecule has 0 aromatic heterocycles. The van der Waals surface area contributed by atoms with Gasteiger partial charge in [-0.25, -0.2) is 4.79 Å². The zero-order valence-corrected chi connectivity index (χ0v) is 17.9. The van der Waals surface area contributed by atoms with Crippen LogP contribution in [0, 0.1) is 13.8 Å². The van der Waals surface area contributed by atoms with E-state index in [0.717, 1.165) is 24.1 Å². The highest BCUT2D eigenvalue weighted by molar-refractivity contribution is 5.95. The maximum Gasteiger partial charge on any atom is 0.337 e. The lowest BCUT2D eigenvalue weighted by Gasteiger charge is -2.13. The molecule has 2 aromatic rings. The average molecular weight is 418 g/mol. The summed E-state index contributed by atoms with van der Waals surface area (Å²) in [5, 5.41) is 28.1. The van der Waals surface area contributed by atoms with E-state index in [-0.39, 0.29) is 5.56 Å². The third-order valence-corrected chi connectivity index (χ3v) is 3.96. The third kappa shape index (κ3) is 10.8. The van der Waals surface area contributed by atoms with Crippen LogP contribution in [0.2, 0.25) is 0 Å². The molecule has 0 aliphatic heterocycles. The monoisotopic (exact) mass is 417 g/mol. The topological polar surface area (TPSA) is 124 Å². The number of hydrogen-bond donors (Lipinski definition) is 4. The molecule has 7 nitrogen and oxygen atoms in total. The lowest BCUT2D eigenvalue weighted by Crippen LogP contribution is -2.03. The highest BCUT2D eigenvalue weighted by atomic mass is 16.4. The van der Waals surface area contributed by atoms with Crippen molar-refractivity contribution in [1.29, 1.82) is 0 Å². The van der Waals surface area contributed by atoms with Crippen molar-refractivity contribution in [2.24, 2.45) is 0 Å². The molecule has 2 aromatic carbocycles. The van der Waals surface area contributed by atoms with Gasteiger partial charge in [0, 0.05) is 18.5 Å². The van der Waals surface area contributed by atoms with Crippen molar-refractivity contribution in [3.63, 3.8) is 0 Å². The number of carboxylic acid groups (broad SMARTS) is 3. The van der Waals surface area contributed by atoms with Crippen LogP contribution in [0.5, 0.6) is 0 Å². The molecule has 164 valence electrons. The van der Waals surface area contributed by atoms with Crippen LogP contribution in [-0.4, -0.2) is 33.2 Å². The van der Waals surface area contributed by atoms with Gasteiger partial charge in [0.25, 0.3) is 0 Å². The van der Waals surface area contributed by atoms with Gasteiger partial charge in [0.1, 0.15) is 0 Å². The van der Waals surface area contributed by atoms with Gasteiger partial charge in [-0.15, -0.1) is 0 Å². The molecular formula is C23H31NO6. The first-order chi connectivity index (χ1) is 14.1. The number of hydrogen-bond acceptors (Lipinski definition) is 4. The molecule has 0 saturated carbocycles. The van der Waals surface area contributed by atoms with Crippen molar-refractivity contribution in [3.8, 4) is 0 Å². The highest BCUT2D eigenvalue weighted by Crippen LogP contribution is 2.25. The summed E-state index contributed by atoms with van der Waals surface area (Å²) in [6.45, 7) is 7.73. The van der Waals surface area contributed by atoms with Crippen molar-refractivity contribution < 1.29 is 29.7 Å². The lowest BCUT2D eigenvalue weighted by atomic mass is 10.1. The van der Waals surface area contributed by atoms with E-state index in [0.29, 0.717) is 18.5 Å². The number of aryl methyl sites for hydroxylation is 1. The average Bonchev–Trinajstić information content (AvgIpc) is 2.66. The summed E-state index contributed by atoms with van der Waals surface area (Å²) in [7, 11) is 0. The first-order valence-electron chi connectivity index (χ1n) is 9.73. The standard InChI is InChI=1S/C15H15NO2.2C4H8O2/c1-10-6-5-9-13(11(10)2)16-14-8-4-3-7-12(14)15(17)18;2*1-2-3-4(5)6/h3-9,16H,1-2H3,(H,17,18);2*2-3H2,1H3,(H,5,6). The van der Waals surface area contributed by atoms with Crippen LogP contribution in [0.4, 0.5) is 11.4 Å². The summed E-state index contributed by atoms with van der Waals surface area (Å²) in [5.74, 6) is -2.35. The molecule has 0 fully saturated rings. The first-order valence-corrected chi connectivity index (χ1v) is 9.73. The Kier molecular flexibility index (Phi) is 13.0. The summed E-state index contributed by atoms with van der Waals surface area (Å²) >= 11 is 0. The Morgan fingerprint density at radius 3 is 1.70 bits per heavy atom. The number of carboxylic acids is 3. The molecule has 0 unspecified atom stereocenters. The largest absolute Gasteiger partial charge is 0.481 e. The minimum absolute atomic E-state index is 0.276. The van der Waals surface area contributed by atoms with Crippen molar-refractivity contribution >= 4 is 29.3 Å². The summed E-state index contributed by atoms with van der Waals surface area (Å²) in [6.07, 6.45) is 2.05. The number of anilines is 2. The van der Waals surface area contributed by atoms with Gasteiger partial charge >= 0.3 is 17.9 Å². The Morgan fingerprint density at radius 1 is 0.767 bits per heavy atom. The molecular weight excluding hydrogens is 386 g/mol. The predicted molar refractivity (Wildman–Crippen MR) is 118 cm³/mol. The van der Waals surface area contributed by atoms with Crippen LogP contribution in [0.3, 0.4) is 0 Å². The summed E-state index contributed by atoms with van der Waals surface area (Å²) < 4.78 is 0. The Morgan fingerprint density at radius 2 is 1.27 bits per heavy atom. The second-order valence-corrected chi connectivity index (χ2v) is 6.51. The van der Waals surface area contributed by atoms with E-state index >= 15 is 0 Å². The molecule has 0 aliphatic rings. The molecule has 2 rings (SSSR count). The first kappa shape index (κ1) is 26.6. The van der Waals surface area contributed by atoms with E-state index < -0.39 is 17.9 Å². The van der Waals surface area contributed by atoms with E-state index in [1.165, 1.54) is 5.56 Å². The fourth-order valence-corrected chi connectivity index (χ4v) is 2.24. The van der Waals surface area contributed by atoms with Crippen molar-refractivity contribution in [2.45, 2.75) is 53.4 Å². The van der Waals surface area contributed by atoms with Gasteiger partial charge in [-0.2, -0.15) is 0 Å². The van der Waals surface area contributed by atoms with Crippen LogP contribution < -0.4 is 5.32 Å². The van der Waals surface area contributed by atoms with E-state index in [4.69, 9.17) is 15.3 Å². The van der Waals surface area contributed by atoms with E-state index in [1.54, 1.807) is 18.2 Å². The van der Waals surface area contributed by atoms with Gasteiger partial charge in [0.05, 0.1) is 11.3 Å². The molecule has 0 atom stereocenters. The SMILES string of the molecule is CCCC(=O)O.CCCC(=O)O.Cc1cccc(Nc2ccccc2C(=O)O)c1C. The number of benzene rings is 2. The lowest BCUT2D eigenvalue weighted by molar-refractivity contribution is -0.138. The number of nitrogens with one attached hydrogen (secondary N) is 1. The normalized spacial score (nSPS) is 9.33. The summed E-state index contributed by atoms with van der Waals surface area (Å²) in [6, 6.07) is 12.8.